The topological polar surface area (TPSA) is 110 Å². The molecule has 0 spiro atoms. The molecule has 0 aliphatic heterocycles. The molecule has 0 saturated heterocycles. The third-order valence-electron chi connectivity index (χ3n) is 2.16. The summed E-state index contributed by atoms with van der Waals surface area (Å²) in [5, 5.41) is 10.1. The molecule has 0 aliphatic carbocycles. The maximum Gasteiger partial charge on any atom is 1.00 e. The third-order valence-corrected chi connectivity index (χ3v) is 2.16. The van der Waals surface area contributed by atoms with E-state index < -0.39 is 23.9 Å². The van der Waals surface area contributed by atoms with Crippen LogP contribution in [-0.4, -0.2) is 23.9 Å². The van der Waals surface area contributed by atoms with Crippen LogP contribution >= 0.6 is 0 Å². The fourth-order valence-electron chi connectivity index (χ4n) is 1.15. The number of hydrogen-bond acceptors (Lipinski definition) is 6. The Bertz CT molecular complexity index is 283. The van der Waals surface area contributed by atoms with Crippen molar-refractivity contribution in [2.75, 3.05) is 0 Å². The van der Waals surface area contributed by atoms with Gasteiger partial charge in [0.25, 0.3) is 0 Å². The number of carbonyl (C=O) groups is 3. The molecule has 0 heterocycles. The Morgan fingerprint density at radius 3 is 2.33 bits per heavy atom. The van der Waals surface area contributed by atoms with Crippen LogP contribution in [0.3, 0.4) is 0 Å². The van der Waals surface area contributed by atoms with Crippen LogP contribution in [0.5, 0.6) is 0 Å². The fourth-order valence-corrected chi connectivity index (χ4v) is 1.15. The van der Waals surface area contributed by atoms with Crippen LogP contribution in [0, 0.1) is 0 Å². The van der Waals surface area contributed by atoms with Crippen molar-refractivity contribution in [3.63, 3.8) is 0 Å². The zero-order chi connectivity index (χ0) is 13.3. The van der Waals surface area contributed by atoms with Crippen molar-refractivity contribution in [3.05, 3.63) is 0 Å². The second-order valence-electron chi connectivity index (χ2n) is 3.77. The zero-order valence-electron chi connectivity index (χ0n) is 10.9. The van der Waals surface area contributed by atoms with Gasteiger partial charge in [0.2, 0.25) is 0 Å². The van der Waals surface area contributed by atoms with Crippen molar-refractivity contribution in [2.24, 2.45) is 5.73 Å². The van der Waals surface area contributed by atoms with Crippen LogP contribution in [0.2, 0.25) is 0 Å². The van der Waals surface area contributed by atoms with Crippen molar-refractivity contribution >= 4 is 17.9 Å². The zero-order valence-corrected chi connectivity index (χ0v) is 12.9. The molecule has 0 saturated carbocycles. The minimum atomic E-state index is -1.29. The number of esters is 2. The first-order valence-corrected chi connectivity index (χ1v) is 5.67. The van der Waals surface area contributed by atoms with Crippen LogP contribution in [0.4, 0.5) is 0 Å². The molecule has 0 amide bonds. The van der Waals surface area contributed by atoms with Gasteiger partial charge in [-0.25, -0.2) is 4.79 Å². The van der Waals surface area contributed by atoms with E-state index in [4.69, 9.17) is 5.73 Å². The average Bonchev–Trinajstić information content (AvgIpc) is 2.26. The van der Waals surface area contributed by atoms with Gasteiger partial charge in [-0.1, -0.05) is 19.8 Å². The second-order valence-corrected chi connectivity index (χ2v) is 3.77. The molecule has 18 heavy (non-hydrogen) atoms. The van der Waals surface area contributed by atoms with E-state index in [-0.39, 0.29) is 48.8 Å². The summed E-state index contributed by atoms with van der Waals surface area (Å²) in [4.78, 5) is 32.5. The Balaban J connectivity index is 0. The first-order valence-electron chi connectivity index (χ1n) is 5.67. The maximum atomic E-state index is 11.2. The van der Waals surface area contributed by atoms with Gasteiger partial charge in [0.15, 0.2) is 0 Å². The number of carbonyl (C=O) groups excluding carboxylic acids is 3. The van der Waals surface area contributed by atoms with Crippen molar-refractivity contribution < 1.29 is 53.8 Å². The van der Waals surface area contributed by atoms with Crippen LogP contribution < -0.4 is 40.4 Å². The molecule has 1 atom stereocenters. The van der Waals surface area contributed by atoms with Gasteiger partial charge < -0.3 is 20.4 Å². The number of ether oxygens (including phenoxy) is 1. The molecule has 98 valence electrons. The summed E-state index contributed by atoms with van der Waals surface area (Å²) in [6.45, 7) is 1.99. The molecule has 0 radical (unpaired) electrons. The minimum absolute atomic E-state index is 0. The SMILES string of the molecule is CCCCCC(=O)OC(=O)C(N)CCC(=O)[O-].[Na+]. The number of hydrogen-bond donors (Lipinski definition) is 1. The van der Waals surface area contributed by atoms with Crippen molar-refractivity contribution in [3.8, 4) is 0 Å². The predicted molar refractivity (Wildman–Crippen MR) is 57.5 cm³/mol. The molecule has 0 aromatic rings. The summed E-state index contributed by atoms with van der Waals surface area (Å²) in [6.07, 6.45) is 2.26. The number of carboxylic acid groups (broad SMARTS) is 1. The largest absolute Gasteiger partial charge is 1.00 e. The van der Waals surface area contributed by atoms with Crippen LogP contribution in [-0.2, 0) is 19.1 Å². The molecule has 6 nitrogen and oxygen atoms in total. The molecule has 0 aromatic carbocycles. The van der Waals surface area contributed by atoms with Crippen molar-refractivity contribution in [1.29, 1.82) is 0 Å². The molecule has 0 rings (SSSR count). The fraction of sp³-hybridized carbons (Fsp3) is 0.727. The van der Waals surface area contributed by atoms with E-state index in [0.717, 1.165) is 12.8 Å². The van der Waals surface area contributed by atoms with Crippen molar-refractivity contribution in [1.82, 2.24) is 0 Å². The molecule has 2 N–H and O–H groups in total. The van der Waals surface area contributed by atoms with E-state index >= 15 is 0 Å². The number of aliphatic carboxylic acids is 1. The summed E-state index contributed by atoms with van der Waals surface area (Å²) in [6, 6.07) is -1.09. The van der Waals surface area contributed by atoms with E-state index in [0.29, 0.717) is 6.42 Å². The van der Waals surface area contributed by atoms with Gasteiger partial charge in [-0.05, 0) is 19.3 Å². The molecule has 0 aliphatic rings. The summed E-state index contributed by atoms with van der Waals surface area (Å²) < 4.78 is 4.47. The van der Waals surface area contributed by atoms with Crippen LogP contribution in [0.1, 0.15) is 45.4 Å². The van der Waals surface area contributed by atoms with Gasteiger partial charge in [0.1, 0.15) is 6.04 Å². The third kappa shape index (κ3) is 10.7. The smallest absolute Gasteiger partial charge is 0.550 e. The molecule has 7 heteroatoms. The van der Waals surface area contributed by atoms with Gasteiger partial charge in [-0.15, -0.1) is 0 Å². The molecule has 0 fully saturated rings. The van der Waals surface area contributed by atoms with Crippen molar-refractivity contribution in [2.45, 2.75) is 51.5 Å². The normalized spacial score (nSPS) is 11.2. The summed E-state index contributed by atoms with van der Waals surface area (Å²) in [5.74, 6) is -2.79. The number of unbranched alkanes of at least 4 members (excludes halogenated alkanes) is 2. The van der Waals surface area contributed by atoms with E-state index in [2.05, 4.69) is 4.74 Å². The van der Waals surface area contributed by atoms with E-state index in [9.17, 15) is 19.5 Å². The van der Waals surface area contributed by atoms with Crippen LogP contribution in [0.15, 0.2) is 0 Å². The maximum absolute atomic E-state index is 11.2. The quantitative estimate of drug-likeness (QED) is 0.211. The molecular weight excluding hydrogens is 249 g/mol. The van der Waals surface area contributed by atoms with Crippen LogP contribution in [0.25, 0.3) is 0 Å². The van der Waals surface area contributed by atoms with Gasteiger partial charge in [-0.3, -0.25) is 4.79 Å². The monoisotopic (exact) mass is 267 g/mol. The average molecular weight is 267 g/mol. The van der Waals surface area contributed by atoms with E-state index in [1.807, 2.05) is 6.92 Å². The Morgan fingerprint density at radius 2 is 1.83 bits per heavy atom. The summed E-state index contributed by atoms with van der Waals surface area (Å²) in [7, 11) is 0. The number of carboxylic acids is 1. The first-order chi connectivity index (χ1) is 7.97. The Labute approximate surface area is 129 Å². The van der Waals surface area contributed by atoms with Gasteiger partial charge >= 0.3 is 41.5 Å². The van der Waals surface area contributed by atoms with Gasteiger partial charge in [-0.2, -0.15) is 0 Å². The number of nitrogens with two attached hydrogens (primary N) is 1. The van der Waals surface area contributed by atoms with Gasteiger partial charge in [0.05, 0.1) is 0 Å². The first kappa shape index (κ1) is 19.9. The standard InChI is InChI=1S/C11H19NO5.Na/c1-2-3-4-5-10(15)17-11(16)8(12)6-7-9(13)14;/h8H,2-7,12H2,1H3,(H,13,14);/q;+1/p-1. The molecule has 0 bridgehead atoms. The van der Waals surface area contributed by atoms with Gasteiger partial charge in [0, 0.05) is 12.4 Å². The molecule has 1 unspecified atom stereocenters. The Hall–Kier alpha value is -0.430. The van der Waals surface area contributed by atoms with E-state index in [1.54, 1.807) is 0 Å². The summed E-state index contributed by atoms with van der Waals surface area (Å²) >= 11 is 0. The Morgan fingerprint density at radius 1 is 1.22 bits per heavy atom. The molecule has 0 aromatic heterocycles. The number of rotatable bonds is 8. The van der Waals surface area contributed by atoms with E-state index in [1.165, 1.54) is 0 Å². The summed E-state index contributed by atoms with van der Waals surface area (Å²) in [5.41, 5.74) is 5.35. The molecular formula is C11H18NNaO5. The minimum Gasteiger partial charge on any atom is -0.550 e. The Kier molecular flexibility index (Phi) is 12.9. The predicted octanol–water partition coefficient (Wildman–Crippen LogP) is -3.50. The second kappa shape index (κ2) is 11.6.